The highest BCUT2D eigenvalue weighted by molar-refractivity contribution is 6.30. The van der Waals surface area contributed by atoms with E-state index < -0.39 is 5.54 Å². The van der Waals surface area contributed by atoms with Crippen LogP contribution in [-0.4, -0.2) is 36.0 Å². The van der Waals surface area contributed by atoms with Gasteiger partial charge in [0, 0.05) is 42.2 Å². The largest absolute Gasteiger partial charge is 0.371 e. The molecule has 6 heteroatoms. The quantitative estimate of drug-likeness (QED) is 0.676. The van der Waals surface area contributed by atoms with Gasteiger partial charge in [0.2, 0.25) is 11.8 Å². The van der Waals surface area contributed by atoms with Crippen molar-refractivity contribution in [2.45, 2.75) is 58.0 Å². The van der Waals surface area contributed by atoms with Crippen molar-refractivity contribution < 1.29 is 9.59 Å². The van der Waals surface area contributed by atoms with Gasteiger partial charge in [-0.25, -0.2) is 0 Å². The van der Waals surface area contributed by atoms with Gasteiger partial charge in [0.25, 0.3) is 0 Å². The predicted octanol–water partition coefficient (Wildman–Crippen LogP) is 3.92. The van der Waals surface area contributed by atoms with Gasteiger partial charge in [0.1, 0.15) is 5.54 Å². The van der Waals surface area contributed by atoms with Gasteiger partial charge in [-0.2, -0.15) is 0 Å². The molecule has 0 saturated carbocycles. The number of carbonyl (C=O) groups is 2. The highest BCUT2D eigenvalue weighted by Gasteiger charge is 2.49. The molecule has 28 heavy (non-hydrogen) atoms. The topological polar surface area (TPSA) is 61.4 Å². The number of rotatable bonds is 7. The summed E-state index contributed by atoms with van der Waals surface area (Å²) in [6, 6.07) is 7.72. The molecule has 1 aliphatic heterocycles. The third kappa shape index (κ3) is 5.51. The molecular formula is C22H32ClN3O2. The van der Waals surface area contributed by atoms with Crippen LogP contribution in [0, 0.1) is 5.92 Å². The van der Waals surface area contributed by atoms with Crippen molar-refractivity contribution in [3.8, 4) is 0 Å². The van der Waals surface area contributed by atoms with Crippen LogP contribution in [0.4, 0.5) is 5.69 Å². The zero-order valence-corrected chi connectivity index (χ0v) is 18.1. The molecule has 1 aromatic rings. The fourth-order valence-electron chi connectivity index (χ4n) is 3.87. The van der Waals surface area contributed by atoms with Crippen LogP contribution < -0.4 is 15.5 Å². The molecule has 2 N–H and O–H groups in total. The maximum Gasteiger partial charge on any atom is 0.246 e. The van der Waals surface area contributed by atoms with Crippen LogP contribution in [0.2, 0.25) is 5.02 Å². The average molecular weight is 406 g/mol. The van der Waals surface area contributed by atoms with Gasteiger partial charge in [-0.3, -0.25) is 9.59 Å². The Labute approximate surface area is 173 Å². The summed E-state index contributed by atoms with van der Waals surface area (Å²) < 4.78 is 0. The van der Waals surface area contributed by atoms with Crippen molar-refractivity contribution in [2.75, 3.05) is 18.0 Å². The lowest BCUT2D eigenvalue weighted by atomic mass is 9.77. The summed E-state index contributed by atoms with van der Waals surface area (Å²) in [4.78, 5) is 27.7. The zero-order valence-electron chi connectivity index (χ0n) is 17.3. The minimum atomic E-state index is -0.964. The molecule has 1 heterocycles. The summed E-state index contributed by atoms with van der Waals surface area (Å²) in [7, 11) is 0. The fourth-order valence-corrected chi connectivity index (χ4v) is 4.00. The maximum absolute atomic E-state index is 13.4. The Morgan fingerprint density at radius 1 is 1.25 bits per heavy atom. The van der Waals surface area contributed by atoms with Gasteiger partial charge in [0.15, 0.2) is 0 Å². The lowest BCUT2D eigenvalue weighted by molar-refractivity contribution is -0.136. The van der Waals surface area contributed by atoms with Gasteiger partial charge in [0.05, 0.1) is 0 Å². The van der Waals surface area contributed by atoms with E-state index in [1.807, 2.05) is 45.0 Å². The molecule has 0 spiro atoms. The summed E-state index contributed by atoms with van der Waals surface area (Å²) in [5.74, 6) is -0.326. The second kappa shape index (κ2) is 8.99. The second-order valence-electron chi connectivity index (χ2n) is 8.59. The molecule has 0 aliphatic carbocycles. The van der Waals surface area contributed by atoms with E-state index in [1.165, 1.54) is 6.92 Å². The Hall–Kier alpha value is -2.01. The van der Waals surface area contributed by atoms with E-state index in [0.29, 0.717) is 24.4 Å². The summed E-state index contributed by atoms with van der Waals surface area (Å²) >= 11 is 6.01. The first-order chi connectivity index (χ1) is 13.1. The van der Waals surface area contributed by atoms with E-state index in [0.717, 1.165) is 18.7 Å². The number of carbonyl (C=O) groups excluding carboxylic acids is 2. The third-order valence-electron chi connectivity index (χ3n) is 5.11. The molecule has 0 aromatic heterocycles. The summed E-state index contributed by atoms with van der Waals surface area (Å²) in [5.41, 5.74) is -0.277. The number of anilines is 1. The number of amides is 2. The molecule has 0 bridgehead atoms. The first kappa shape index (κ1) is 22.3. The van der Waals surface area contributed by atoms with Crippen molar-refractivity contribution >= 4 is 29.1 Å². The zero-order chi connectivity index (χ0) is 20.9. The first-order valence-electron chi connectivity index (χ1n) is 9.80. The van der Waals surface area contributed by atoms with Crippen molar-refractivity contribution in [3.05, 3.63) is 41.9 Å². The van der Waals surface area contributed by atoms with Crippen LogP contribution in [-0.2, 0) is 9.59 Å². The van der Waals surface area contributed by atoms with Crippen molar-refractivity contribution in [1.29, 1.82) is 0 Å². The normalized spacial score (nSPS) is 19.0. The molecule has 2 atom stereocenters. The summed E-state index contributed by atoms with van der Waals surface area (Å²) in [5, 5.41) is 6.81. The Morgan fingerprint density at radius 3 is 2.43 bits per heavy atom. The van der Waals surface area contributed by atoms with Gasteiger partial charge >= 0.3 is 0 Å². The second-order valence-corrected chi connectivity index (χ2v) is 9.03. The summed E-state index contributed by atoms with van der Waals surface area (Å²) in [6.07, 6.45) is 3.79. The molecule has 1 aromatic carbocycles. The molecule has 154 valence electrons. The van der Waals surface area contributed by atoms with E-state index in [1.54, 1.807) is 6.08 Å². The number of halogens is 1. The molecule has 1 saturated heterocycles. The smallest absolute Gasteiger partial charge is 0.246 e. The Bertz CT molecular complexity index is 711. The number of nitrogens with zero attached hydrogens (tertiary/aromatic N) is 1. The molecule has 1 fully saturated rings. The first-order valence-corrected chi connectivity index (χ1v) is 10.2. The van der Waals surface area contributed by atoms with Crippen molar-refractivity contribution in [1.82, 2.24) is 10.6 Å². The van der Waals surface area contributed by atoms with Gasteiger partial charge in [-0.05, 0) is 64.3 Å². The maximum atomic E-state index is 13.4. The van der Waals surface area contributed by atoms with E-state index in [2.05, 4.69) is 22.1 Å². The monoisotopic (exact) mass is 405 g/mol. The van der Waals surface area contributed by atoms with E-state index in [-0.39, 0.29) is 23.3 Å². The van der Waals surface area contributed by atoms with Crippen LogP contribution in [0.5, 0.6) is 0 Å². The van der Waals surface area contributed by atoms with Crippen LogP contribution in [0.25, 0.3) is 0 Å². The molecule has 2 rings (SSSR count). The van der Waals surface area contributed by atoms with E-state index in [9.17, 15) is 9.59 Å². The lowest BCUT2D eigenvalue weighted by Gasteiger charge is -2.40. The van der Waals surface area contributed by atoms with Gasteiger partial charge in [-0.15, -0.1) is 6.58 Å². The predicted molar refractivity (Wildman–Crippen MR) is 116 cm³/mol. The number of hydrogen-bond donors (Lipinski definition) is 2. The fraction of sp³-hybridized carbons (Fsp3) is 0.545. The minimum absolute atomic E-state index is 0.00521. The van der Waals surface area contributed by atoms with Crippen LogP contribution in [0.3, 0.4) is 0 Å². The Morgan fingerprint density at radius 2 is 1.89 bits per heavy atom. The molecule has 2 amide bonds. The summed E-state index contributed by atoms with van der Waals surface area (Å²) in [6.45, 7) is 12.6. The Kier molecular flexibility index (Phi) is 7.16. The Balaban J connectivity index is 2.33. The minimum Gasteiger partial charge on any atom is -0.371 e. The van der Waals surface area contributed by atoms with Crippen LogP contribution in [0.1, 0.15) is 47.0 Å². The number of allylic oxidation sites excluding steroid dienone is 1. The standard InChI is InChI=1S/C22H32ClN3O2/c1-6-7-13-22(24-16(2)27,20(28)25-21(3,4)5)17-12-14-26(15-17)19-10-8-18(23)9-11-19/h6,8-11,17H,1,7,12-15H2,2-5H3,(H,24,27)(H,25,28). The van der Waals surface area contributed by atoms with Crippen molar-refractivity contribution in [2.24, 2.45) is 5.92 Å². The molecule has 5 nitrogen and oxygen atoms in total. The highest BCUT2D eigenvalue weighted by atomic mass is 35.5. The van der Waals surface area contributed by atoms with Gasteiger partial charge in [-0.1, -0.05) is 17.7 Å². The average Bonchev–Trinajstić information content (AvgIpc) is 3.07. The molecule has 1 aliphatic rings. The number of nitrogens with one attached hydrogen (secondary N) is 2. The molecule has 0 radical (unpaired) electrons. The number of benzene rings is 1. The third-order valence-corrected chi connectivity index (χ3v) is 5.36. The molecular weight excluding hydrogens is 374 g/mol. The van der Waals surface area contributed by atoms with E-state index >= 15 is 0 Å². The SMILES string of the molecule is C=CCCC(NC(C)=O)(C(=O)NC(C)(C)C)C1CCN(c2ccc(Cl)cc2)C1. The molecule has 2 unspecified atom stereocenters. The van der Waals surface area contributed by atoms with E-state index in [4.69, 9.17) is 11.6 Å². The van der Waals surface area contributed by atoms with Crippen LogP contribution >= 0.6 is 11.6 Å². The highest BCUT2D eigenvalue weighted by Crippen LogP contribution is 2.35. The van der Waals surface area contributed by atoms with Crippen LogP contribution in [0.15, 0.2) is 36.9 Å². The van der Waals surface area contributed by atoms with Crippen molar-refractivity contribution in [3.63, 3.8) is 0 Å². The lowest BCUT2D eigenvalue weighted by Crippen LogP contribution is -2.65. The van der Waals surface area contributed by atoms with Gasteiger partial charge < -0.3 is 15.5 Å². The number of hydrogen-bond acceptors (Lipinski definition) is 3.